The largest absolute Gasteiger partial charge is 0.478 e. The summed E-state index contributed by atoms with van der Waals surface area (Å²) in [5.41, 5.74) is 0.621. The van der Waals surface area contributed by atoms with Crippen LogP contribution < -0.4 is 9.62 Å². The van der Waals surface area contributed by atoms with Crippen molar-refractivity contribution in [1.29, 1.82) is 0 Å². The maximum atomic E-state index is 11.7. The number of rotatable bonds is 4. The molecule has 6 nitrogen and oxygen atoms in total. The Hall–Kier alpha value is -1.60. The molecule has 110 valence electrons. The van der Waals surface area contributed by atoms with Gasteiger partial charge in [0.25, 0.3) is 0 Å². The Morgan fingerprint density at radius 1 is 1.25 bits per heavy atom. The molecule has 0 atom stereocenters. The van der Waals surface area contributed by atoms with Crippen molar-refractivity contribution in [2.45, 2.75) is 24.2 Å². The van der Waals surface area contributed by atoms with E-state index in [4.69, 9.17) is 0 Å². The van der Waals surface area contributed by atoms with Gasteiger partial charge in [0.2, 0.25) is 10.0 Å². The van der Waals surface area contributed by atoms with Gasteiger partial charge in [-0.1, -0.05) is 0 Å². The SMILES string of the molecule is CNS(=O)(=O)c1ccc(N2CCCCC2)c(C(=O)O)c1. The van der Waals surface area contributed by atoms with Crippen LogP contribution in [0, 0.1) is 0 Å². The van der Waals surface area contributed by atoms with E-state index in [0.717, 1.165) is 32.4 Å². The molecular weight excluding hydrogens is 280 g/mol. The number of piperidine rings is 1. The molecule has 0 radical (unpaired) electrons. The van der Waals surface area contributed by atoms with Gasteiger partial charge in [0, 0.05) is 13.1 Å². The molecule has 1 fully saturated rings. The van der Waals surface area contributed by atoms with Gasteiger partial charge in [-0.3, -0.25) is 0 Å². The van der Waals surface area contributed by atoms with Crippen LogP contribution in [-0.2, 0) is 10.0 Å². The van der Waals surface area contributed by atoms with Crippen molar-refractivity contribution in [3.8, 4) is 0 Å². The average Bonchev–Trinajstić information content (AvgIpc) is 2.47. The normalized spacial score (nSPS) is 16.1. The molecule has 2 rings (SSSR count). The Labute approximate surface area is 118 Å². The third kappa shape index (κ3) is 2.94. The van der Waals surface area contributed by atoms with Crippen LogP contribution in [0.2, 0.25) is 0 Å². The highest BCUT2D eigenvalue weighted by atomic mass is 32.2. The van der Waals surface area contributed by atoms with E-state index in [0.29, 0.717) is 5.69 Å². The van der Waals surface area contributed by atoms with Crippen LogP contribution in [0.4, 0.5) is 5.69 Å². The van der Waals surface area contributed by atoms with Crippen LogP contribution in [0.1, 0.15) is 29.6 Å². The molecule has 20 heavy (non-hydrogen) atoms. The van der Waals surface area contributed by atoms with Gasteiger partial charge >= 0.3 is 5.97 Å². The summed E-state index contributed by atoms with van der Waals surface area (Å²) in [7, 11) is -2.33. The van der Waals surface area contributed by atoms with E-state index >= 15 is 0 Å². The van der Waals surface area contributed by atoms with Gasteiger partial charge in [0.05, 0.1) is 16.1 Å². The second-order valence-corrected chi connectivity index (χ2v) is 6.63. The lowest BCUT2D eigenvalue weighted by Gasteiger charge is -2.30. The number of benzene rings is 1. The number of sulfonamides is 1. The number of aromatic carboxylic acids is 1. The summed E-state index contributed by atoms with van der Waals surface area (Å²) in [6.45, 7) is 1.61. The Morgan fingerprint density at radius 3 is 2.45 bits per heavy atom. The molecule has 2 N–H and O–H groups in total. The average molecular weight is 298 g/mol. The van der Waals surface area contributed by atoms with Crippen LogP contribution in [0.25, 0.3) is 0 Å². The van der Waals surface area contributed by atoms with Crippen molar-refractivity contribution in [1.82, 2.24) is 4.72 Å². The molecule has 1 aliphatic heterocycles. The van der Waals surface area contributed by atoms with E-state index in [-0.39, 0.29) is 10.5 Å². The third-order valence-electron chi connectivity index (χ3n) is 3.47. The number of anilines is 1. The fraction of sp³-hybridized carbons (Fsp3) is 0.462. The van der Waals surface area contributed by atoms with Crippen molar-refractivity contribution in [2.75, 3.05) is 25.0 Å². The molecule has 0 unspecified atom stereocenters. The van der Waals surface area contributed by atoms with Gasteiger partial charge in [-0.2, -0.15) is 0 Å². The molecule has 0 spiro atoms. The number of carboxylic acids is 1. The predicted octanol–water partition coefficient (Wildman–Crippen LogP) is 1.28. The minimum absolute atomic E-state index is 0.0295. The molecule has 0 saturated carbocycles. The Bertz CT molecular complexity index is 607. The Kier molecular flexibility index (Phi) is 4.29. The summed E-state index contributed by atoms with van der Waals surface area (Å²) >= 11 is 0. The summed E-state index contributed by atoms with van der Waals surface area (Å²) in [5.74, 6) is -1.11. The van der Waals surface area contributed by atoms with Crippen LogP contribution in [0.5, 0.6) is 0 Å². The van der Waals surface area contributed by atoms with E-state index in [2.05, 4.69) is 4.72 Å². The van der Waals surface area contributed by atoms with Gasteiger partial charge in [-0.15, -0.1) is 0 Å². The molecule has 0 aromatic heterocycles. The smallest absolute Gasteiger partial charge is 0.337 e. The molecule has 0 bridgehead atoms. The zero-order valence-electron chi connectivity index (χ0n) is 11.3. The molecule has 1 aromatic rings. The summed E-state index contributed by atoms with van der Waals surface area (Å²) < 4.78 is 25.7. The fourth-order valence-corrected chi connectivity index (χ4v) is 3.14. The predicted molar refractivity (Wildman–Crippen MR) is 75.7 cm³/mol. The lowest BCUT2D eigenvalue weighted by molar-refractivity contribution is 0.0697. The molecule has 1 saturated heterocycles. The Balaban J connectivity index is 2.46. The van der Waals surface area contributed by atoms with E-state index < -0.39 is 16.0 Å². The Morgan fingerprint density at radius 2 is 1.90 bits per heavy atom. The summed E-state index contributed by atoms with van der Waals surface area (Å²) in [5, 5.41) is 9.32. The summed E-state index contributed by atoms with van der Waals surface area (Å²) in [4.78, 5) is 13.4. The zero-order chi connectivity index (χ0) is 14.8. The van der Waals surface area contributed by atoms with Crippen LogP contribution in [0.15, 0.2) is 23.1 Å². The van der Waals surface area contributed by atoms with Crippen molar-refractivity contribution >= 4 is 21.7 Å². The lowest BCUT2D eigenvalue weighted by Crippen LogP contribution is -2.31. The fourth-order valence-electron chi connectivity index (χ4n) is 2.38. The highest BCUT2D eigenvalue weighted by Gasteiger charge is 2.21. The van der Waals surface area contributed by atoms with Crippen molar-refractivity contribution in [2.24, 2.45) is 0 Å². The standard InChI is InChI=1S/C13H18N2O4S/c1-14-20(18,19)10-5-6-12(11(9-10)13(16)17)15-7-3-2-4-8-15/h5-6,9,14H,2-4,7-8H2,1H3,(H,16,17). The van der Waals surface area contributed by atoms with E-state index in [1.165, 1.54) is 19.2 Å². The van der Waals surface area contributed by atoms with Crippen molar-refractivity contribution in [3.63, 3.8) is 0 Å². The molecule has 1 aromatic carbocycles. The number of nitrogens with one attached hydrogen (secondary N) is 1. The van der Waals surface area contributed by atoms with Crippen LogP contribution >= 0.6 is 0 Å². The maximum absolute atomic E-state index is 11.7. The molecule has 1 heterocycles. The first-order valence-electron chi connectivity index (χ1n) is 6.51. The van der Waals surface area contributed by atoms with Crippen LogP contribution in [0.3, 0.4) is 0 Å². The summed E-state index contributed by atoms with van der Waals surface area (Å²) in [6.07, 6.45) is 3.19. The van der Waals surface area contributed by atoms with Gasteiger partial charge in [-0.05, 0) is 44.5 Å². The van der Waals surface area contributed by atoms with E-state index in [1.54, 1.807) is 6.07 Å². The minimum atomic E-state index is -3.63. The highest BCUT2D eigenvalue weighted by Crippen LogP contribution is 2.26. The van der Waals surface area contributed by atoms with Gasteiger partial charge in [0.1, 0.15) is 0 Å². The molecule has 7 heteroatoms. The number of hydrogen-bond acceptors (Lipinski definition) is 4. The molecule has 0 aliphatic carbocycles. The third-order valence-corrected chi connectivity index (χ3v) is 4.89. The molecule has 0 amide bonds. The second-order valence-electron chi connectivity index (χ2n) is 4.74. The quantitative estimate of drug-likeness (QED) is 0.874. The monoisotopic (exact) mass is 298 g/mol. The number of nitrogens with zero attached hydrogens (tertiary/aromatic N) is 1. The first-order valence-corrected chi connectivity index (χ1v) is 8.00. The molecule has 1 aliphatic rings. The maximum Gasteiger partial charge on any atom is 0.337 e. The van der Waals surface area contributed by atoms with Gasteiger partial charge < -0.3 is 10.0 Å². The minimum Gasteiger partial charge on any atom is -0.478 e. The van der Waals surface area contributed by atoms with Gasteiger partial charge in [-0.25, -0.2) is 17.9 Å². The van der Waals surface area contributed by atoms with E-state index in [1.807, 2.05) is 4.90 Å². The number of hydrogen-bond donors (Lipinski definition) is 2. The highest BCUT2D eigenvalue weighted by molar-refractivity contribution is 7.89. The van der Waals surface area contributed by atoms with E-state index in [9.17, 15) is 18.3 Å². The van der Waals surface area contributed by atoms with Gasteiger partial charge in [0.15, 0.2) is 0 Å². The van der Waals surface area contributed by atoms with Crippen molar-refractivity contribution in [3.05, 3.63) is 23.8 Å². The lowest BCUT2D eigenvalue weighted by atomic mass is 10.1. The van der Waals surface area contributed by atoms with Crippen LogP contribution in [-0.4, -0.2) is 39.6 Å². The first-order chi connectivity index (χ1) is 9.45. The molecular formula is C13H18N2O4S. The zero-order valence-corrected chi connectivity index (χ0v) is 12.1. The number of carboxylic acid groups (broad SMARTS) is 1. The number of carbonyl (C=O) groups is 1. The topological polar surface area (TPSA) is 86.7 Å². The first kappa shape index (κ1) is 14.8. The summed E-state index contributed by atoms with van der Waals surface area (Å²) in [6, 6.07) is 4.25. The van der Waals surface area contributed by atoms with Crippen molar-refractivity contribution < 1.29 is 18.3 Å². The second kappa shape index (κ2) is 5.80.